The average molecular weight is 270 g/mol. The molecule has 0 fully saturated rings. The number of unbranched alkanes of at least 4 members (excludes halogenated alkanes) is 1. The van der Waals surface area contributed by atoms with Gasteiger partial charge in [0.25, 0.3) is 0 Å². The molecule has 1 amide bonds. The molecule has 0 aromatic carbocycles. The SMILES string of the molecule is CN=NN/N=C/NC(=O)C(N)CCCCN=C(C)N. The van der Waals surface area contributed by atoms with E-state index in [0.717, 1.165) is 12.8 Å². The fourth-order valence-corrected chi connectivity index (χ4v) is 1.16. The van der Waals surface area contributed by atoms with Crippen molar-refractivity contribution in [1.29, 1.82) is 0 Å². The van der Waals surface area contributed by atoms with Crippen LogP contribution in [0.3, 0.4) is 0 Å². The minimum Gasteiger partial charge on any atom is -0.388 e. The maximum atomic E-state index is 11.5. The van der Waals surface area contributed by atoms with Gasteiger partial charge in [-0.2, -0.15) is 10.6 Å². The highest BCUT2D eigenvalue weighted by molar-refractivity contribution is 5.90. The summed E-state index contributed by atoms with van der Waals surface area (Å²) in [6.45, 7) is 2.40. The van der Waals surface area contributed by atoms with E-state index in [2.05, 4.69) is 31.3 Å². The monoisotopic (exact) mass is 270 g/mol. The zero-order chi connectivity index (χ0) is 14.5. The second-order valence-electron chi connectivity index (χ2n) is 3.79. The number of hydrazone groups is 1. The normalized spacial score (nSPS) is 13.9. The summed E-state index contributed by atoms with van der Waals surface area (Å²) in [5, 5.41) is 12.8. The lowest BCUT2D eigenvalue weighted by Gasteiger charge is -2.08. The zero-order valence-corrected chi connectivity index (χ0v) is 11.3. The first-order valence-electron chi connectivity index (χ1n) is 5.95. The van der Waals surface area contributed by atoms with Gasteiger partial charge in [-0.25, -0.2) is 0 Å². The van der Waals surface area contributed by atoms with Crippen molar-refractivity contribution >= 4 is 18.1 Å². The third-order valence-electron chi connectivity index (χ3n) is 2.10. The average Bonchev–Trinajstić information content (AvgIpc) is 2.37. The van der Waals surface area contributed by atoms with Crippen LogP contribution in [0.1, 0.15) is 26.2 Å². The van der Waals surface area contributed by atoms with Gasteiger partial charge in [-0.15, -0.1) is 5.10 Å². The third kappa shape index (κ3) is 10.8. The largest absolute Gasteiger partial charge is 0.388 e. The standard InChI is InChI=1S/C10H22N8O/c1-8(11)14-6-4-3-5-9(12)10(19)15-7-16-18-17-13-2/h7,9H,3-6,12H2,1-2H3,(H2,11,14)(H,13,18)(H,15,16,17,19). The molecule has 1 atom stereocenters. The van der Waals surface area contributed by atoms with Gasteiger partial charge in [0.2, 0.25) is 5.91 Å². The molecule has 9 nitrogen and oxygen atoms in total. The highest BCUT2D eigenvalue weighted by Gasteiger charge is 2.11. The molecule has 0 aliphatic carbocycles. The Kier molecular flexibility index (Phi) is 9.90. The molecule has 0 saturated carbocycles. The molecule has 19 heavy (non-hydrogen) atoms. The van der Waals surface area contributed by atoms with E-state index in [4.69, 9.17) is 11.5 Å². The minimum absolute atomic E-state index is 0.294. The molecule has 0 heterocycles. The van der Waals surface area contributed by atoms with Gasteiger partial charge in [-0.1, -0.05) is 5.22 Å². The molecule has 9 heteroatoms. The summed E-state index contributed by atoms with van der Waals surface area (Å²) in [6, 6.07) is -0.567. The Morgan fingerprint density at radius 3 is 2.79 bits per heavy atom. The molecule has 0 aliphatic rings. The van der Waals surface area contributed by atoms with Crippen molar-refractivity contribution < 1.29 is 4.79 Å². The lowest BCUT2D eigenvalue weighted by atomic mass is 10.1. The van der Waals surface area contributed by atoms with Crippen LogP contribution in [0.15, 0.2) is 20.4 Å². The Morgan fingerprint density at radius 1 is 1.42 bits per heavy atom. The number of nitrogens with zero attached hydrogens (tertiary/aromatic N) is 4. The number of rotatable bonds is 9. The second kappa shape index (κ2) is 11.1. The van der Waals surface area contributed by atoms with E-state index < -0.39 is 6.04 Å². The topological polar surface area (TPSA) is 143 Å². The van der Waals surface area contributed by atoms with Gasteiger partial charge in [0, 0.05) is 6.54 Å². The van der Waals surface area contributed by atoms with Gasteiger partial charge in [0.05, 0.1) is 18.9 Å². The van der Waals surface area contributed by atoms with Crippen LogP contribution in [-0.2, 0) is 4.79 Å². The van der Waals surface area contributed by atoms with E-state index in [0.29, 0.717) is 18.8 Å². The van der Waals surface area contributed by atoms with E-state index in [1.54, 1.807) is 6.92 Å². The first-order chi connectivity index (χ1) is 9.07. The molecule has 0 radical (unpaired) electrons. The van der Waals surface area contributed by atoms with Crippen molar-refractivity contribution in [2.75, 3.05) is 13.6 Å². The van der Waals surface area contributed by atoms with Gasteiger partial charge >= 0.3 is 0 Å². The number of hydrogen-bond acceptors (Lipinski definition) is 6. The maximum Gasteiger partial charge on any atom is 0.242 e. The van der Waals surface area contributed by atoms with Gasteiger partial charge < -0.3 is 16.8 Å². The van der Waals surface area contributed by atoms with Gasteiger partial charge in [0.15, 0.2) is 0 Å². The zero-order valence-electron chi connectivity index (χ0n) is 11.3. The van der Waals surface area contributed by atoms with Crippen LogP contribution in [0.4, 0.5) is 0 Å². The highest BCUT2D eigenvalue weighted by atomic mass is 16.2. The van der Waals surface area contributed by atoms with Crippen LogP contribution in [0.25, 0.3) is 0 Å². The number of hydrogen-bond donors (Lipinski definition) is 4. The molecule has 0 bridgehead atoms. The Labute approximate surface area is 112 Å². The van der Waals surface area contributed by atoms with E-state index >= 15 is 0 Å². The Bertz CT molecular complexity index is 334. The molecule has 0 spiro atoms. The maximum absolute atomic E-state index is 11.5. The molecule has 0 rings (SSSR count). The highest BCUT2D eigenvalue weighted by Crippen LogP contribution is 1.99. The summed E-state index contributed by atoms with van der Waals surface area (Å²) >= 11 is 0. The first kappa shape index (κ1) is 17.0. The lowest BCUT2D eigenvalue weighted by molar-refractivity contribution is -0.121. The summed E-state index contributed by atoms with van der Waals surface area (Å²) in [6.07, 6.45) is 3.42. The molecule has 6 N–H and O–H groups in total. The van der Waals surface area contributed by atoms with Crippen LogP contribution >= 0.6 is 0 Å². The molecule has 0 aliphatic heterocycles. The summed E-state index contributed by atoms with van der Waals surface area (Å²) in [5.41, 5.74) is 13.3. The summed E-state index contributed by atoms with van der Waals surface area (Å²) in [7, 11) is 1.49. The van der Waals surface area contributed by atoms with Crippen molar-refractivity contribution in [3.05, 3.63) is 0 Å². The van der Waals surface area contributed by atoms with Crippen LogP contribution in [0, 0.1) is 0 Å². The molecule has 0 aromatic heterocycles. The van der Waals surface area contributed by atoms with Gasteiger partial charge in [-0.3, -0.25) is 9.79 Å². The second-order valence-corrected chi connectivity index (χ2v) is 3.79. The number of nitrogens with two attached hydrogens (primary N) is 2. The number of carbonyl (C=O) groups is 1. The molecule has 0 saturated heterocycles. The molecular weight excluding hydrogens is 248 g/mol. The smallest absolute Gasteiger partial charge is 0.242 e. The fraction of sp³-hybridized carbons (Fsp3) is 0.700. The van der Waals surface area contributed by atoms with E-state index in [-0.39, 0.29) is 5.91 Å². The van der Waals surface area contributed by atoms with E-state index in [1.807, 2.05) is 0 Å². The quantitative estimate of drug-likeness (QED) is 0.147. The first-order valence-corrected chi connectivity index (χ1v) is 5.95. The van der Waals surface area contributed by atoms with Crippen molar-refractivity contribution in [2.45, 2.75) is 32.2 Å². The molecule has 1 unspecified atom stereocenters. The number of amidine groups is 1. The Hall–Kier alpha value is -2.03. The van der Waals surface area contributed by atoms with Crippen molar-refractivity contribution in [3.8, 4) is 0 Å². The Morgan fingerprint density at radius 2 is 2.16 bits per heavy atom. The van der Waals surface area contributed by atoms with Gasteiger partial charge in [-0.05, 0) is 26.2 Å². The Balaban J connectivity index is 3.70. The summed E-state index contributed by atoms with van der Waals surface area (Å²) in [5.74, 6) is 0.271. The van der Waals surface area contributed by atoms with Crippen molar-refractivity contribution in [3.63, 3.8) is 0 Å². The van der Waals surface area contributed by atoms with Crippen LogP contribution in [0.5, 0.6) is 0 Å². The number of aliphatic imine (C=N–C) groups is 1. The minimum atomic E-state index is -0.567. The molecule has 108 valence electrons. The summed E-state index contributed by atoms with van der Waals surface area (Å²) < 4.78 is 0. The van der Waals surface area contributed by atoms with Crippen LogP contribution < -0.4 is 22.3 Å². The van der Waals surface area contributed by atoms with Crippen LogP contribution in [-0.4, -0.2) is 37.7 Å². The summed E-state index contributed by atoms with van der Waals surface area (Å²) in [4.78, 5) is 15.5. The predicted octanol–water partition coefficient (Wildman–Crippen LogP) is -0.493. The predicted molar refractivity (Wildman–Crippen MR) is 74.5 cm³/mol. The molecular formula is C10H22N8O. The number of amides is 1. The van der Waals surface area contributed by atoms with E-state index in [9.17, 15) is 4.79 Å². The van der Waals surface area contributed by atoms with E-state index in [1.165, 1.54) is 13.4 Å². The van der Waals surface area contributed by atoms with Crippen LogP contribution in [0.2, 0.25) is 0 Å². The van der Waals surface area contributed by atoms with Crippen molar-refractivity contribution in [2.24, 2.45) is 31.9 Å². The number of nitrogens with one attached hydrogen (secondary N) is 2. The van der Waals surface area contributed by atoms with Crippen molar-refractivity contribution in [1.82, 2.24) is 10.9 Å². The number of carbonyl (C=O) groups excluding carboxylic acids is 1. The fourth-order valence-electron chi connectivity index (χ4n) is 1.16. The van der Waals surface area contributed by atoms with Gasteiger partial charge in [0.1, 0.15) is 6.34 Å². The third-order valence-corrected chi connectivity index (χ3v) is 2.10. The molecule has 0 aromatic rings. The lowest BCUT2D eigenvalue weighted by Crippen LogP contribution is -2.40.